The van der Waals surface area contributed by atoms with Gasteiger partial charge in [0, 0.05) is 13.7 Å². The number of rotatable bonds is 8. The van der Waals surface area contributed by atoms with Gasteiger partial charge in [-0.05, 0) is 31.5 Å². The van der Waals surface area contributed by atoms with Gasteiger partial charge in [-0.15, -0.1) is 0 Å². The molecule has 0 saturated carbocycles. The average Bonchev–Trinajstić information content (AvgIpc) is 2.89. The molecule has 1 aliphatic heterocycles. The van der Waals surface area contributed by atoms with Gasteiger partial charge in [0.2, 0.25) is 15.0 Å². The van der Waals surface area contributed by atoms with Crippen LogP contribution in [0.3, 0.4) is 0 Å². The molecule has 7 heteroatoms. The van der Waals surface area contributed by atoms with E-state index in [2.05, 4.69) is 9.88 Å². The fraction of sp³-hybridized carbons (Fsp3) is 0.550. The van der Waals surface area contributed by atoms with Crippen LogP contribution in [-0.2, 0) is 27.7 Å². The molecule has 1 aromatic heterocycles. The van der Waals surface area contributed by atoms with Crippen LogP contribution in [0.2, 0.25) is 0 Å². The first kappa shape index (κ1) is 20.0. The van der Waals surface area contributed by atoms with E-state index in [-0.39, 0.29) is 17.5 Å². The zero-order chi connectivity index (χ0) is 19.1. The Morgan fingerprint density at radius 2 is 1.74 bits per heavy atom. The number of benzene rings is 1. The van der Waals surface area contributed by atoms with Gasteiger partial charge >= 0.3 is 0 Å². The molecule has 0 atom stereocenters. The molecule has 2 heterocycles. The van der Waals surface area contributed by atoms with Crippen LogP contribution in [0.4, 0.5) is 0 Å². The van der Waals surface area contributed by atoms with E-state index in [9.17, 15) is 8.42 Å². The first-order valence-electron chi connectivity index (χ1n) is 9.62. The van der Waals surface area contributed by atoms with Crippen molar-refractivity contribution in [1.29, 1.82) is 0 Å². The van der Waals surface area contributed by atoms with Crippen LogP contribution >= 0.6 is 0 Å². The molecular weight excluding hydrogens is 362 g/mol. The van der Waals surface area contributed by atoms with Crippen molar-refractivity contribution in [3.05, 3.63) is 47.8 Å². The number of hydrogen-bond donors (Lipinski definition) is 0. The third kappa shape index (κ3) is 5.40. The van der Waals surface area contributed by atoms with Gasteiger partial charge in [-0.3, -0.25) is 4.90 Å². The van der Waals surface area contributed by atoms with E-state index >= 15 is 0 Å². The third-order valence-corrected chi connectivity index (χ3v) is 6.59. The molecule has 1 aliphatic rings. The Bertz CT molecular complexity index is 810. The minimum absolute atomic E-state index is 0.0571. The van der Waals surface area contributed by atoms with Crippen molar-refractivity contribution in [1.82, 2.24) is 14.5 Å². The maximum absolute atomic E-state index is 12.8. The summed E-state index contributed by atoms with van der Waals surface area (Å²) in [5.74, 6) is -0.0571. The topological polar surface area (TPSA) is 64.4 Å². The van der Waals surface area contributed by atoms with E-state index in [4.69, 9.17) is 4.74 Å². The van der Waals surface area contributed by atoms with Crippen molar-refractivity contribution in [3.8, 4) is 0 Å². The largest absolute Gasteiger partial charge is 0.384 e. The number of methoxy groups -OCH3 is 1. The predicted molar refractivity (Wildman–Crippen MR) is 105 cm³/mol. The summed E-state index contributed by atoms with van der Waals surface area (Å²) < 4.78 is 32.4. The highest BCUT2D eigenvalue weighted by molar-refractivity contribution is 7.91. The van der Waals surface area contributed by atoms with E-state index in [0.717, 1.165) is 30.9 Å². The molecule has 0 aliphatic carbocycles. The fourth-order valence-electron chi connectivity index (χ4n) is 3.51. The molecule has 0 radical (unpaired) electrons. The lowest BCUT2D eigenvalue weighted by molar-refractivity contribution is 0.217. The first-order valence-corrected chi connectivity index (χ1v) is 11.3. The Labute approximate surface area is 162 Å². The van der Waals surface area contributed by atoms with Crippen LogP contribution in [0.1, 0.15) is 36.9 Å². The lowest BCUT2D eigenvalue weighted by atomic mass is 10.2. The van der Waals surface area contributed by atoms with Gasteiger partial charge in [-0.2, -0.15) is 0 Å². The lowest BCUT2D eigenvalue weighted by Crippen LogP contribution is -2.26. The molecule has 148 valence electrons. The number of hydrogen-bond acceptors (Lipinski definition) is 5. The third-order valence-electron chi connectivity index (χ3n) is 5.00. The number of likely N-dealkylation sites (tertiary alicyclic amines) is 1. The normalized spacial score (nSPS) is 16.3. The predicted octanol–water partition coefficient (Wildman–Crippen LogP) is 2.73. The molecule has 1 saturated heterocycles. The van der Waals surface area contributed by atoms with Crippen molar-refractivity contribution in [3.63, 3.8) is 0 Å². The Balaban J connectivity index is 1.90. The Morgan fingerprint density at radius 1 is 1.04 bits per heavy atom. The Morgan fingerprint density at radius 3 is 2.41 bits per heavy atom. The number of aromatic nitrogens is 2. The van der Waals surface area contributed by atoms with Crippen molar-refractivity contribution in [2.45, 2.75) is 43.9 Å². The second-order valence-corrected chi connectivity index (χ2v) is 9.11. The summed E-state index contributed by atoms with van der Waals surface area (Å²) in [6, 6.07) is 9.94. The van der Waals surface area contributed by atoms with Gasteiger partial charge in [-0.25, -0.2) is 13.4 Å². The van der Waals surface area contributed by atoms with Crippen LogP contribution < -0.4 is 0 Å². The Kier molecular flexibility index (Phi) is 7.04. The number of imidazole rings is 1. The smallest absolute Gasteiger partial charge is 0.228 e. The molecular formula is C20H29N3O3S. The van der Waals surface area contributed by atoms with Crippen LogP contribution in [0.15, 0.2) is 41.7 Å². The Hall–Kier alpha value is -1.70. The highest BCUT2D eigenvalue weighted by Crippen LogP contribution is 2.19. The molecule has 0 spiro atoms. The zero-order valence-electron chi connectivity index (χ0n) is 16.0. The van der Waals surface area contributed by atoms with Crippen LogP contribution in [-0.4, -0.2) is 55.4 Å². The van der Waals surface area contributed by atoms with Crippen LogP contribution in [0, 0.1) is 0 Å². The average molecular weight is 392 g/mol. The quantitative estimate of drug-likeness (QED) is 0.692. The molecule has 2 aromatic rings. The van der Waals surface area contributed by atoms with Gasteiger partial charge in [0.1, 0.15) is 0 Å². The maximum Gasteiger partial charge on any atom is 0.228 e. The van der Waals surface area contributed by atoms with Crippen molar-refractivity contribution < 1.29 is 13.2 Å². The molecule has 0 bridgehead atoms. The zero-order valence-corrected chi connectivity index (χ0v) is 16.8. The highest BCUT2D eigenvalue weighted by atomic mass is 32.2. The van der Waals surface area contributed by atoms with Gasteiger partial charge in [0.05, 0.1) is 30.8 Å². The van der Waals surface area contributed by atoms with E-state index in [1.807, 2.05) is 34.9 Å². The number of sulfone groups is 1. The summed E-state index contributed by atoms with van der Waals surface area (Å²) in [5, 5.41) is 0.147. The molecule has 1 aromatic carbocycles. The van der Waals surface area contributed by atoms with E-state index < -0.39 is 9.84 Å². The van der Waals surface area contributed by atoms with Crippen molar-refractivity contribution >= 4 is 9.84 Å². The molecule has 0 unspecified atom stereocenters. The van der Waals surface area contributed by atoms with E-state index in [0.29, 0.717) is 6.54 Å². The standard InChI is InChI=1S/C20H29N3O3S/c1-26-13-14-27(24,25)20-21-15-19(17-22-11-7-2-3-8-12-22)23(20)16-18-9-5-4-6-10-18/h4-6,9-10,15H,2-3,7-8,11-14,16-17H2,1H3. The molecule has 1 fully saturated rings. The van der Waals surface area contributed by atoms with Gasteiger partial charge in [-0.1, -0.05) is 43.2 Å². The molecule has 27 heavy (non-hydrogen) atoms. The second-order valence-electron chi connectivity index (χ2n) is 7.11. The van der Waals surface area contributed by atoms with Gasteiger partial charge < -0.3 is 9.30 Å². The lowest BCUT2D eigenvalue weighted by Gasteiger charge is -2.21. The minimum Gasteiger partial charge on any atom is -0.384 e. The SMILES string of the molecule is COCCS(=O)(=O)c1ncc(CN2CCCCCC2)n1Cc1ccccc1. The van der Waals surface area contributed by atoms with E-state index in [1.165, 1.54) is 32.8 Å². The van der Waals surface area contributed by atoms with E-state index in [1.54, 1.807) is 6.20 Å². The monoisotopic (exact) mass is 391 g/mol. The summed E-state index contributed by atoms with van der Waals surface area (Å²) in [4.78, 5) is 6.73. The summed E-state index contributed by atoms with van der Waals surface area (Å²) >= 11 is 0. The van der Waals surface area contributed by atoms with Crippen molar-refractivity contribution in [2.75, 3.05) is 32.6 Å². The highest BCUT2D eigenvalue weighted by Gasteiger charge is 2.24. The summed E-state index contributed by atoms with van der Waals surface area (Å²) in [6.07, 6.45) is 6.68. The molecule has 6 nitrogen and oxygen atoms in total. The fourth-order valence-corrected chi connectivity index (χ4v) is 4.81. The second kappa shape index (κ2) is 9.48. The van der Waals surface area contributed by atoms with Crippen LogP contribution in [0.25, 0.3) is 0 Å². The summed E-state index contributed by atoms with van der Waals surface area (Å²) in [7, 11) is -1.98. The molecule has 3 rings (SSSR count). The number of nitrogens with zero attached hydrogens (tertiary/aromatic N) is 3. The summed E-state index contributed by atoms with van der Waals surface area (Å²) in [5.41, 5.74) is 2.02. The minimum atomic E-state index is -3.49. The van der Waals surface area contributed by atoms with Gasteiger partial charge in [0.15, 0.2) is 0 Å². The van der Waals surface area contributed by atoms with Gasteiger partial charge in [0.25, 0.3) is 0 Å². The van der Waals surface area contributed by atoms with Crippen molar-refractivity contribution in [2.24, 2.45) is 0 Å². The number of ether oxygens (including phenoxy) is 1. The van der Waals surface area contributed by atoms with Crippen LogP contribution in [0.5, 0.6) is 0 Å². The maximum atomic E-state index is 12.8. The molecule has 0 N–H and O–H groups in total. The summed E-state index contributed by atoms with van der Waals surface area (Å²) in [6.45, 7) is 3.53. The first-order chi connectivity index (χ1) is 13.1. The molecule has 0 amide bonds.